The van der Waals surface area contributed by atoms with E-state index in [1.165, 1.54) is 0 Å². The zero-order chi connectivity index (χ0) is 15.4. The number of methoxy groups -OCH3 is 1. The standard InChI is InChI=1S/C16H25N3O2/c1-12-16(20)19(11-7-10-18(2)3)15(17-12)13-8-5-6-9-14(13)21-4/h5-6,8-9,12,15,17H,7,10-11H2,1-4H3. The number of ether oxygens (including phenoxy) is 1. The molecule has 1 heterocycles. The second-order valence-electron chi connectivity index (χ2n) is 5.72. The summed E-state index contributed by atoms with van der Waals surface area (Å²) in [6.45, 7) is 3.63. The zero-order valence-corrected chi connectivity index (χ0v) is 13.3. The largest absolute Gasteiger partial charge is 0.496 e. The molecule has 2 rings (SSSR count). The maximum Gasteiger partial charge on any atom is 0.241 e. The van der Waals surface area contributed by atoms with Gasteiger partial charge in [0.05, 0.1) is 13.2 Å². The Hall–Kier alpha value is -1.59. The van der Waals surface area contributed by atoms with Gasteiger partial charge in [0.15, 0.2) is 0 Å². The van der Waals surface area contributed by atoms with Crippen LogP contribution in [0.2, 0.25) is 0 Å². The maximum absolute atomic E-state index is 12.4. The lowest BCUT2D eigenvalue weighted by atomic mass is 10.1. The van der Waals surface area contributed by atoms with E-state index in [1.54, 1.807) is 7.11 Å². The van der Waals surface area contributed by atoms with Crippen LogP contribution in [0.5, 0.6) is 5.75 Å². The third kappa shape index (κ3) is 3.54. The number of rotatable bonds is 6. The molecule has 1 N–H and O–H groups in total. The number of carbonyl (C=O) groups is 1. The molecule has 1 amide bonds. The number of para-hydroxylation sites is 1. The van der Waals surface area contributed by atoms with E-state index in [4.69, 9.17) is 4.74 Å². The van der Waals surface area contributed by atoms with E-state index in [2.05, 4.69) is 10.2 Å². The average Bonchev–Trinajstić information content (AvgIpc) is 2.75. The van der Waals surface area contributed by atoms with E-state index in [0.717, 1.165) is 30.8 Å². The van der Waals surface area contributed by atoms with Gasteiger partial charge >= 0.3 is 0 Å². The van der Waals surface area contributed by atoms with E-state index in [-0.39, 0.29) is 18.1 Å². The van der Waals surface area contributed by atoms with E-state index < -0.39 is 0 Å². The Morgan fingerprint density at radius 2 is 2.05 bits per heavy atom. The Labute approximate surface area is 126 Å². The van der Waals surface area contributed by atoms with Gasteiger partial charge in [0.25, 0.3) is 0 Å². The topological polar surface area (TPSA) is 44.8 Å². The number of benzene rings is 1. The Morgan fingerprint density at radius 1 is 1.33 bits per heavy atom. The molecule has 1 saturated heterocycles. The Balaban J connectivity index is 2.17. The minimum atomic E-state index is -0.153. The number of hydrogen-bond acceptors (Lipinski definition) is 4. The van der Waals surface area contributed by atoms with Crippen LogP contribution in [0, 0.1) is 0 Å². The molecule has 0 radical (unpaired) electrons. The lowest BCUT2D eigenvalue weighted by Crippen LogP contribution is -2.33. The summed E-state index contributed by atoms with van der Waals surface area (Å²) in [5, 5.41) is 3.37. The van der Waals surface area contributed by atoms with Gasteiger partial charge in [-0.2, -0.15) is 0 Å². The van der Waals surface area contributed by atoms with Gasteiger partial charge in [-0.15, -0.1) is 0 Å². The molecule has 2 unspecified atom stereocenters. The molecule has 21 heavy (non-hydrogen) atoms. The highest BCUT2D eigenvalue weighted by atomic mass is 16.5. The summed E-state index contributed by atoms with van der Waals surface area (Å²) in [6, 6.07) is 7.71. The third-order valence-corrected chi connectivity index (χ3v) is 3.81. The fourth-order valence-electron chi connectivity index (χ4n) is 2.72. The molecule has 1 aliphatic rings. The van der Waals surface area contributed by atoms with Gasteiger partial charge in [0, 0.05) is 12.1 Å². The van der Waals surface area contributed by atoms with E-state index in [0.29, 0.717) is 0 Å². The van der Waals surface area contributed by atoms with Crippen molar-refractivity contribution in [3.05, 3.63) is 29.8 Å². The summed E-state index contributed by atoms with van der Waals surface area (Å²) >= 11 is 0. The summed E-state index contributed by atoms with van der Waals surface area (Å²) in [7, 11) is 5.75. The smallest absolute Gasteiger partial charge is 0.241 e. The number of nitrogens with zero attached hydrogens (tertiary/aromatic N) is 2. The third-order valence-electron chi connectivity index (χ3n) is 3.81. The molecule has 5 heteroatoms. The Bertz CT molecular complexity index is 490. The fraction of sp³-hybridized carbons (Fsp3) is 0.562. The average molecular weight is 291 g/mol. The second-order valence-corrected chi connectivity index (χ2v) is 5.72. The minimum absolute atomic E-state index is 0.106. The summed E-state index contributed by atoms with van der Waals surface area (Å²) in [5.74, 6) is 0.971. The quantitative estimate of drug-likeness (QED) is 0.862. The molecule has 116 valence electrons. The molecule has 5 nitrogen and oxygen atoms in total. The SMILES string of the molecule is COc1ccccc1C1NC(C)C(=O)N1CCCN(C)C. The van der Waals surface area contributed by atoms with Crippen LogP contribution in [-0.2, 0) is 4.79 Å². The lowest BCUT2D eigenvalue weighted by molar-refractivity contribution is -0.129. The molecular formula is C16H25N3O2. The molecule has 0 spiro atoms. The van der Waals surface area contributed by atoms with Crippen LogP contribution in [0.1, 0.15) is 25.1 Å². The number of carbonyl (C=O) groups excluding carboxylic acids is 1. The number of amides is 1. The van der Waals surface area contributed by atoms with E-state index >= 15 is 0 Å². The van der Waals surface area contributed by atoms with Crippen molar-refractivity contribution in [1.29, 1.82) is 0 Å². The van der Waals surface area contributed by atoms with Crippen LogP contribution in [0.3, 0.4) is 0 Å². The molecular weight excluding hydrogens is 266 g/mol. The van der Waals surface area contributed by atoms with Gasteiger partial charge in [-0.1, -0.05) is 18.2 Å². The summed E-state index contributed by atoms with van der Waals surface area (Å²) < 4.78 is 5.43. The number of hydrogen-bond donors (Lipinski definition) is 1. The van der Waals surface area contributed by atoms with Gasteiger partial charge in [-0.3, -0.25) is 10.1 Å². The van der Waals surface area contributed by atoms with Crippen LogP contribution in [0.25, 0.3) is 0 Å². The minimum Gasteiger partial charge on any atom is -0.496 e. The first-order valence-electron chi connectivity index (χ1n) is 7.38. The van der Waals surface area contributed by atoms with Crippen molar-refractivity contribution < 1.29 is 9.53 Å². The molecule has 1 aliphatic heterocycles. The normalized spacial score (nSPS) is 22.1. The Kier molecular flexibility index (Phi) is 5.20. The van der Waals surface area contributed by atoms with Gasteiger partial charge < -0.3 is 14.5 Å². The zero-order valence-electron chi connectivity index (χ0n) is 13.3. The first-order chi connectivity index (χ1) is 10.0. The highest BCUT2D eigenvalue weighted by Gasteiger charge is 2.37. The Morgan fingerprint density at radius 3 is 2.71 bits per heavy atom. The van der Waals surface area contributed by atoms with Crippen molar-refractivity contribution in [1.82, 2.24) is 15.1 Å². The molecule has 0 saturated carbocycles. The number of nitrogens with one attached hydrogen (secondary N) is 1. The first kappa shape index (κ1) is 15.8. The van der Waals surface area contributed by atoms with Crippen molar-refractivity contribution in [2.45, 2.75) is 25.6 Å². The lowest BCUT2D eigenvalue weighted by Gasteiger charge is -2.26. The first-order valence-corrected chi connectivity index (χ1v) is 7.38. The summed E-state index contributed by atoms with van der Waals surface area (Å²) in [4.78, 5) is 16.4. The van der Waals surface area contributed by atoms with Gasteiger partial charge in [0.1, 0.15) is 11.9 Å². The van der Waals surface area contributed by atoms with Gasteiger partial charge in [-0.05, 0) is 40.1 Å². The predicted molar refractivity (Wildman–Crippen MR) is 83.2 cm³/mol. The van der Waals surface area contributed by atoms with Crippen LogP contribution in [-0.4, -0.2) is 56.0 Å². The van der Waals surface area contributed by atoms with Crippen LogP contribution in [0.4, 0.5) is 0 Å². The van der Waals surface area contributed by atoms with Crippen LogP contribution < -0.4 is 10.1 Å². The van der Waals surface area contributed by atoms with Crippen molar-refractivity contribution >= 4 is 5.91 Å². The van der Waals surface area contributed by atoms with Gasteiger partial charge in [-0.25, -0.2) is 0 Å². The van der Waals surface area contributed by atoms with Crippen molar-refractivity contribution in [2.24, 2.45) is 0 Å². The van der Waals surface area contributed by atoms with Crippen molar-refractivity contribution in [3.63, 3.8) is 0 Å². The molecule has 1 aromatic rings. The highest BCUT2D eigenvalue weighted by Crippen LogP contribution is 2.31. The monoisotopic (exact) mass is 291 g/mol. The summed E-state index contributed by atoms with van der Waals surface area (Å²) in [5.41, 5.74) is 1.02. The molecule has 0 aliphatic carbocycles. The van der Waals surface area contributed by atoms with Crippen LogP contribution in [0.15, 0.2) is 24.3 Å². The fourth-order valence-corrected chi connectivity index (χ4v) is 2.72. The van der Waals surface area contributed by atoms with Gasteiger partial charge in [0.2, 0.25) is 5.91 Å². The van der Waals surface area contributed by atoms with E-state index in [9.17, 15) is 4.79 Å². The molecule has 0 bridgehead atoms. The second kappa shape index (κ2) is 6.91. The maximum atomic E-state index is 12.4. The molecule has 1 aromatic carbocycles. The summed E-state index contributed by atoms with van der Waals surface area (Å²) in [6.07, 6.45) is 0.851. The molecule has 2 atom stereocenters. The molecule has 0 aromatic heterocycles. The van der Waals surface area contributed by atoms with Crippen molar-refractivity contribution in [3.8, 4) is 5.75 Å². The van der Waals surface area contributed by atoms with E-state index in [1.807, 2.05) is 50.2 Å². The highest BCUT2D eigenvalue weighted by molar-refractivity contribution is 5.84. The van der Waals surface area contributed by atoms with Crippen LogP contribution >= 0.6 is 0 Å². The van der Waals surface area contributed by atoms with Crippen molar-refractivity contribution in [2.75, 3.05) is 34.3 Å². The predicted octanol–water partition coefficient (Wildman–Crippen LogP) is 1.47. The molecule has 1 fully saturated rings.